The van der Waals surface area contributed by atoms with Gasteiger partial charge in [0.25, 0.3) is 0 Å². The molecule has 0 heterocycles. The van der Waals surface area contributed by atoms with Gasteiger partial charge >= 0.3 is 0 Å². The third kappa shape index (κ3) is 1.37. The Bertz CT molecular complexity index is 328. The fraction of sp³-hybridized carbons (Fsp3) is 0.500. The minimum absolute atomic E-state index is 0.219. The topological polar surface area (TPSA) is 20.2 Å². The number of fused-ring (bicyclic) bond motifs is 1. The Morgan fingerprint density at radius 1 is 1.31 bits per heavy atom. The Hall–Kier alpha value is -0.820. The fourth-order valence-electron chi connectivity index (χ4n) is 2.21. The van der Waals surface area contributed by atoms with Crippen molar-refractivity contribution < 1.29 is 5.11 Å². The number of hydrogen-bond donors (Lipinski definition) is 1. The summed E-state index contributed by atoms with van der Waals surface area (Å²) in [6.45, 7) is 4.22. The summed E-state index contributed by atoms with van der Waals surface area (Å²) in [4.78, 5) is 0. The quantitative estimate of drug-likeness (QED) is 0.644. The van der Waals surface area contributed by atoms with Crippen molar-refractivity contribution in [2.75, 3.05) is 0 Å². The monoisotopic (exact) mass is 176 g/mol. The van der Waals surface area contributed by atoms with Gasteiger partial charge in [0.2, 0.25) is 0 Å². The van der Waals surface area contributed by atoms with Crippen molar-refractivity contribution in [3.05, 3.63) is 34.4 Å². The van der Waals surface area contributed by atoms with Crippen LogP contribution in [0, 0.1) is 13.8 Å². The second-order valence-corrected chi connectivity index (χ2v) is 3.99. The van der Waals surface area contributed by atoms with Crippen LogP contribution >= 0.6 is 0 Å². The molecule has 1 aromatic carbocycles. The van der Waals surface area contributed by atoms with E-state index in [1.807, 2.05) is 0 Å². The zero-order valence-electron chi connectivity index (χ0n) is 8.30. The van der Waals surface area contributed by atoms with E-state index < -0.39 is 0 Å². The van der Waals surface area contributed by atoms with Gasteiger partial charge in [0.15, 0.2) is 0 Å². The molecule has 13 heavy (non-hydrogen) atoms. The lowest BCUT2D eigenvalue weighted by molar-refractivity contribution is 0.156. The minimum atomic E-state index is -0.219. The summed E-state index contributed by atoms with van der Waals surface area (Å²) >= 11 is 0. The highest BCUT2D eigenvalue weighted by Gasteiger charge is 2.20. The number of rotatable bonds is 0. The maximum Gasteiger partial charge on any atom is 0.0795 e. The van der Waals surface area contributed by atoms with Crippen LogP contribution in [-0.2, 0) is 6.42 Å². The number of benzene rings is 1. The van der Waals surface area contributed by atoms with Gasteiger partial charge in [-0.05, 0) is 55.4 Å². The zero-order chi connectivity index (χ0) is 9.42. The first-order chi connectivity index (χ1) is 6.20. The van der Waals surface area contributed by atoms with E-state index in [1.54, 1.807) is 0 Å². The van der Waals surface area contributed by atoms with Gasteiger partial charge in [0, 0.05) is 0 Å². The molecule has 1 atom stereocenters. The Morgan fingerprint density at radius 2 is 2.08 bits per heavy atom. The normalized spacial score (nSPS) is 21.3. The van der Waals surface area contributed by atoms with Crippen molar-refractivity contribution in [1.29, 1.82) is 0 Å². The molecule has 0 saturated heterocycles. The van der Waals surface area contributed by atoms with Crippen LogP contribution in [0.25, 0.3) is 0 Å². The molecule has 0 aliphatic heterocycles. The second kappa shape index (κ2) is 3.15. The number of aryl methyl sites for hydroxylation is 2. The third-order valence-electron chi connectivity index (χ3n) is 3.13. The molecule has 1 aliphatic carbocycles. The van der Waals surface area contributed by atoms with Crippen LogP contribution < -0.4 is 0 Å². The lowest BCUT2D eigenvalue weighted by Crippen LogP contribution is -2.11. The molecule has 1 aromatic rings. The molecule has 1 aliphatic rings. The SMILES string of the molecule is Cc1ccc2c(c1C)C(O)CCC2. The standard InChI is InChI=1S/C12H16O/c1-8-6-7-10-4-3-5-11(13)12(10)9(8)2/h6-7,11,13H,3-5H2,1-2H3. The van der Waals surface area contributed by atoms with Crippen molar-refractivity contribution >= 4 is 0 Å². The molecule has 1 unspecified atom stereocenters. The molecule has 0 bridgehead atoms. The van der Waals surface area contributed by atoms with E-state index in [0.717, 1.165) is 19.3 Å². The van der Waals surface area contributed by atoms with E-state index >= 15 is 0 Å². The van der Waals surface area contributed by atoms with Crippen molar-refractivity contribution in [3.63, 3.8) is 0 Å². The summed E-state index contributed by atoms with van der Waals surface area (Å²) in [6, 6.07) is 4.33. The highest BCUT2D eigenvalue weighted by molar-refractivity contribution is 5.42. The summed E-state index contributed by atoms with van der Waals surface area (Å²) in [5.41, 5.74) is 5.12. The first kappa shape index (κ1) is 8.76. The Morgan fingerprint density at radius 3 is 2.85 bits per heavy atom. The number of aliphatic hydroxyl groups is 1. The molecule has 1 heteroatoms. The highest BCUT2D eigenvalue weighted by Crippen LogP contribution is 2.33. The van der Waals surface area contributed by atoms with Gasteiger partial charge in [-0.2, -0.15) is 0 Å². The summed E-state index contributed by atoms with van der Waals surface area (Å²) in [6.07, 6.45) is 2.96. The van der Waals surface area contributed by atoms with Crippen LogP contribution in [0.5, 0.6) is 0 Å². The molecule has 0 radical (unpaired) electrons. The Balaban J connectivity index is 2.58. The molecular formula is C12H16O. The average Bonchev–Trinajstić information content (AvgIpc) is 2.12. The molecule has 70 valence electrons. The molecule has 0 fully saturated rings. The van der Waals surface area contributed by atoms with Crippen LogP contribution in [0.15, 0.2) is 12.1 Å². The van der Waals surface area contributed by atoms with Gasteiger partial charge in [-0.25, -0.2) is 0 Å². The first-order valence-corrected chi connectivity index (χ1v) is 4.97. The van der Waals surface area contributed by atoms with Gasteiger partial charge in [-0.15, -0.1) is 0 Å². The zero-order valence-corrected chi connectivity index (χ0v) is 8.30. The van der Waals surface area contributed by atoms with Crippen LogP contribution in [0.2, 0.25) is 0 Å². The second-order valence-electron chi connectivity index (χ2n) is 3.99. The van der Waals surface area contributed by atoms with E-state index in [-0.39, 0.29) is 6.10 Å². The molecule has 1 N–H and O–H groups in total. The largest absolute Gasteiger partial charge is 0.388 e. The van der Waals surface area contributed by atoms with Gasteiger partial charge in [-0.1, -0.05) is 12.1 Å². The average molecular weight is 176 g/mol. The van der Waals surface area contributed by atoms with E-state index in [4.69, 9.17) is 0 Å². The summed E-state index contributed by atoms with van der Waals surface area (Å²) in [7, 11) is 0. The molecule has 2 rings (SSSR count). The summed E-state index contributed by atoms with van der Waals surface area (Å²) in [5, 5.41) is 9.87. The van der Waals surface area contributed by atoms with Crippen LogP contribution in [0.3, 0.4) is 0 Å². The van der Waals surface area contributed by atoms with E-state index in [2.05, 4.69) is 26.0 Å². The Kier molecular flexibility index (Phi) is 2.12. The van der Waals surface area contributed by atoms with Crippen molar-refractivity contribution in [2.45, 2.75) is 39.2 Å². The number of aliphatic hydroxyl groups excluding tert-OH is 1. The molecule has 0 aromatic heterocycles. The smallest absolute Gasteiger partial charge is 0.0795 e. The van der Waals surface area contributed by atoms with Crippen molar-refractivity contribution in [3.8, 4) is 0 Å². The van der Waals surface area contributed by atoms with E-state index in [0.29, 0.717) is 0 Å². The van der Waals surface area contributed by atoms with E-state index in [1.165, 1.54) is 22.3 Å². The Labute approximate surface area is 79.4 Å². The molecule has 0 amide bonds. The molecular weight excluding hydrogens is 160 g/mol. The van der Waals surface area contributed by atoms with Crippen LogP contribution in [0.4, 0.5) is 0 Å². The van der Waals surface area contributed by atoms with Gasteiger partial charge in [0.1, 0.15) is 0 Å². The maximum atomic E-state index is 9.87. The molecule has 1 nitrogen and oxygen atoms in total. The summed E-state index contributed by atoms with van der Waals surface area (Å²) < 4.78 is 0. The highest BCUT2D eigenvalue weighted by atomic mass is 16.3. The first-order valence-electron chi connectivity index (χ1n) is 4.97. The predicted molar refractivity (Wildman–Crippen MR) is 53.8 cm³/mol. The fourth-order valence-corrected chi connectivity index (χ4v) is 2.21. The van der Waals surface area contributed by atoms with Crippen LogP contribution in [0.1, 0.15) is 41.2 Å². The van der Waals surface area contributed by atoms with Crippen LogP contribution in [-0.4, -0.2) is 5.11 Å². The number of hydrogen-bond acceptors (Lipinski definition) is 1. The van der Waals surface area contributed by atoms with E-state index in [9.17, 15) is 5.11 Å². The van der Waals surface area contributed by atoms with Crippen molar-refractivity contribution in [2.24, 2.45) is 0 Å². The predicted octanol–water partition coefficient (Wildman–Crippen LogP) is 2.67. The lowest BCUT2D eigenvalue weighted by Gasteiger charge is -2.24. The molecule has 0 spiro atoms. The van der Waals surface area contributed by atoms with Gasteiger partial charge < -0.3 is 5.11 Å². The van der Waals surface area contributed by atoms with Gasteiger partial charge in [-0.3, -0.25) is 0 Å². The maximum absolute atomic E-state index is 9.87. The third-order valence-corrected chi connectivity index (χ3v) is 3.13. The lowest BCUT2D eigenvalue weighted by atomic mass is 9.85. The molecule has 0 saturated carbocycles. The van der Waals surface area contributed by atoms with Gasteiger partial charge in [0.05, 0.1) is 6.10 Å². The van der Waals surface area contributed by atoms with Crippen molar-refractivity contribution in [1.82, 2.24) is 0 Å². The summed E-state index contributed by atoms with van der Waals surface area (Å²) in [5.74, 6) is 0. The minimum Gasteiger partial charge on any atom is -0.388 e.